The van der Waals surface area contributed by atoms with Crippen molar-refractivity contribution in [1.29, 1.82) is 0 Å². The summed E-state index contributed by atoms with van der Waals surface area (Å²) in [6, 6.07) is 0. The number of carbonyl (C=O) groups is 4. The largest absolute Gasteiger partial charge is 0.456 e. The average molecular weight is 428 g/mol. The van der Waals surface area contributed by atoms with Gasteiger partial charge in [0.1, 0.15) is 12.2 Å². The molecule has 0 aromatic heterocycles. The highest BCUT2D eigenvalue weighted by molar-refractivity contribution is 5.69. The molecule has 0 radical (unpaired) electrons. The van der Waals surface area contributed by atoms with E-state index >= 15 is 0 Å². The van der Waals surface area contributed by atoms with Gasteiger partial charge in [-0.1, -0.05) is 12.2 Å². The highest BCUT2D eigenvalue weighted by Gasteiger charge is 2.58. The lowest BCUT2D eigenvalue weighted by atomic mass is 9.83. The molecule has 0 amide bonds. The minimum absolute atomic E-state index is 0.0159. The van der Waals surface area contributed by atoms with Gasteiger partial charge in [-0.05, 0) is 0 Å². The molecule has 2 unspecified atom stereocenters. The zero-order valence-electron chi connectivity index (χ0n) is 17.5. The molecule has 6 atom stereocenters. The van der Waals surface area contributed by atoms with E-state index in [0.29, 0.717) is 0 Å². The summed E-state index contributed by atoms with van der Waals surface area (Å²) >= 11 is 0. The molecule has 0 aromatic rings. The van der Waals surface area contributed by atoms with Crippen LogP contribution >= 0.6 is 0 Å². The lowest BCUT2D eigenvalue weighted by Gasteiger charge is -2.47. The van der Waals surface area contributed by atoms with Gasteiger partial charge < -0.3 is 28.4 Å². The molecule has 1 fully saturated rings. The van der Waals surface area contributed by atoms with Crippen molar-refractivity contribution in [3.05, 3.63) is 25.3 Å². The SMILES string of the molecule is C=CCOC1[C@@H](OC(C)=O)[C@H](OC(C)=O)C(OCC=C)[C@H](OC(C)=O)[C@@H]1OC(C)=O. The van der Waals surface area contributed by atoms with Crippen molar-refractivity contribution in [2.45, 2.75) is 64.3 Å². The summed E-state index contributed by atoms with van der Waals surface area (Å²) in [7, 11) is 0. The van der Waals surface area contributed by atoms with Gasteiger partial charge in [-0.3, -0.25) is 19.2 Å². The van der Waals surface area contributed by atoms with Crippen molar-refractivity contribution >= 4 is 23.9 Å². The van der Waals surface area contributed by atoms with Crippen LogP contribution in [-0.4, -0.2) is 73.7 Å². The monoisotopic (exact) mass is 428 g/mol. The molecule has 0 bridgehead atoms. The van der Waals surface area contributed by atoms with Crippen LogP contribution in [0.3, 0.4) is 0 Å². The molecule has 0 spiro atoms. The van der Waals surface area contributed by atoms with Gasteiger partial charge >= 0.3 is 23.9 Å². The summed E-state index contributed by atoms with van der Waals surface area (Å²) in [5.41, 5.74) is 0. The molecule has 10 nitrogen and oxygen atoms in total. The van der Waals surface area contributed by atoms with Crippen LogP contribution in [0, 0.1) is 0 Å². The normalized spacial score (nSPS) is 28.0. The van der Waals surface area contributed by atoms with Gasteiger partial charge in [0.2, 0.25) is 0 Å². The Morgan fingerprint density at radius 3 is 0.967 bits per heavy atom. The summed E-state index contributed by atoms with van der Waals surface area (Å²) in [6.07, 6.45) is -4.33. The van der Waals surface area contributed by atoms with E-state index in [4.69, 9.17) is 28.4 Å². The maximum absolute atomic E-state index is 11.8. The Morgan fingerprint density at radius 1 is 0.567 bits per heavy atom. The van der Waals surface area contributed by atoms with E-state index < -0.39 is 60.5 Å². The fourth-order valence-electron chi connectivity index (χ4n) is 3.16. The predicted molar refractivity (Wildman–Crippen MR) is 102 cm³/mol. The number of esters is 4. The second kappa shape index (κ2) is 12.1. The fraction of sp³-hybridized carbons (Fsp3) is 0.600. The number of rotatable bonds is 10. The van der Waals surface area contributed by atoms with Crippen molar-refractivity contribution in [3.63, 3.8) is 0 Å². The van der Waals surface area contributed by atoms with Crippen molar-refractivity contribution in [2.75, 3.05) is 13.2 Å². The molecule has 0 heterocycles. The molecule has 168 valence electrons. The van der Waals surface area contributed by atoms with E-state index in [2.05, 4.69) is 13.2 Å². The van der Waals surface area contributed by atoms with Crippen molar-refractivity contribution < 1.29 is 47.6 Å². The smallest absolute Gasteiger partial charge is 0.303 e. The van der Waals surface area contributed by atoms with Crippen LogP contribution in [-0.2, 0) is 47.6 Å². The zero-order valence-corrected chi connectivity index (χ0v) is 17.5. The van der Waals surface area contributed by atoms with Crippen LogP contribution in [0.15, 0.2) is 25.3 Å². The molecule has 0 N–H and O–H groups in total. The molecule has 1 aliphatic carbocycles. The molecular formula is C20H28O10. The van der Waals surface area contributed by atoms with Gasteiger partial charge in [0.25, 0.3) is 0 Å². The Balaban J connectivity index is 3.57. The van der Waals surface area contributed by atoms with E-state index in [0.717, 1.165) is 27.7 Å². The van der Waals surface area contributed by atoms with Crippen LogP contribution in [0.5, 0.6) is 0 Å². The number of hydrogen-bond acceptors (Lipinski definition) is 10. The lowest BCUT2D eigenvalue weighted by Crippen LogP contribution is -2.68. The van der Waals surface area contributed by atoms with Crippen LogP contribution in [0.1, 0.15) is 27.7 Å². The third-order valence-electron chi connectivity index (χ3n) is 3.96. The summed E-state index contributed by atoms with van der Waals surface area (Å²) in [5.74, 6) is -2.78. The minimum atomic E-state index is -1.22. The first-order valence-electron chi connectivity index (χ1n) is 9.26. The maximum Gasteiger partial charge on any atom is 0.303 e. The fourth-order valence-corrected chi connectivity index (χ4v) is 3.16. The lowest BCUT2D eigenvalue weighted by molar-refractivity contribution is -0.263. The van der Waals surface area contributed by atoms with E-state index in [1.807, 2.05) is 0 Å². The van der Waals surface area contributed by atoms with Gasteiger partial charge in [-0.2, -0.15) is 0 Å². The van der Waals surface area contributed by atoms with Crippen LogP contribution in [0.25, 0.3) is 0 Å². The Hall–Kier alpha value is -2.72. The molecule has 1 saturated carbocycles. The zero-order chi connectivity index (χ0) is 22.8. The Labute approximate surface area is 175 Å². The quantitative estimate of drug-likeness (QED) is 0.281. The van der Waals surface area contributed by atoms with Crippen molar-refractivity contribution in [3.8, 4) is 0 Å². The Bertz CT molecular complexity index is 558. The third kappa shape index (κ3) is 7.27. The van der Waals surface area contributed by atoms with Crippen molar-refractivity contribution in [2.24, 2.45) is 0 Å². The first kappa shape index (κ1) is 25.3. The molecule has 0 saturated heterocycles. The van der Waals surface area contributed by atoms with Crippen LogP contribution in [0.4, 0.5) is 0 Å². The molecule has 10 heteroatoms. The first-order chi connectivity index (χ1) is 14.1. The molecule has 30 heavy (non-hydrogen) atoms. The van der Waals surface area contributed by atoms with E-state index in [-0.39, 0.29) is 13.2 Å². The molecule has 1 rings (SSSR count). The summed E-state index contributed by atoms with van der Waals surface area (Å²) in [4.78, 5) is 47.1. The second-order valence-corrected chi connectivity index (χ2v) is 6.47. The van der Waals surface area contributed by atoms with E-state index in [9.17, 15) is 19.2 Å². The standard InChI is InChI=1S/C20H28O10/c1-7-9-25-15-17(27-11(3)21)19(29-13(5)23)16(26-10-8-2)20(30-14(6)24)18(15)28-12(4)22/h7-8,15-20H,1-2,9-10H2,3-6H3/t15?,16?,17-,18-,19-,20+/m1/s1. The van der Waals surface area contributed by atoms with Crippen LogP contribution < -0.4 is 0 Å². The van der Waals surface area contributed by atoms with E-state index in [1.165, 1.54) is 12.2 Å². The highest BCUT2D eigenvalue weighted by Crippen LogP contribution is 2.34. The summed E-state index contributed by atoms with van der Waals surface area (Å²) in [5, 5.41) is 0. The van der Waals surface area contributed by atoms with Crippen LogP contribution in [0.2, 0.25) is 0 Å². The van der Waals surface area contributed by atoms with Gasteiger partial charge in [0.05, 0.1) is 13.2 Å². The van der Waals surface area contributed by atoms with Gasteiger partial charge in [-0.25, -0.2) is 0 Å². The summed E-state index contributed by atoms with van der Waals surface area (Å²) < 4.78 is 32.9. The number of ether oxygens (including phenoxy) is 6. The maximum atomic E-state index is 11.8. The third-order valence-corrected chi connectivity index (χ3v) is 3.96. The highest BCUT2D eigenvalue weighted by atomic mass is 16.7. The minimum Gasteiger partial charge on any atom is -0.456 e. The number of carbonyl (C=O) groups excluding carboxylic acids is 4. The first-order valence-corrected chi connectivity index (χ1v) is 9.26. The predicted octanol–water partition coefficient (Wildman–Crippen LogP) is 0.869. The van der Waals surface area contributed by atoms with Gasteiger partial charge in [-0.15, -0.1) is 13.2 Å². The van der Waals surface area contributed by atoms with Gasteiger partial charge in [0, 0.05) is 27.7 Å². The molecule has 1 aliphatic rings. The summed E-state index contributed by atoms with van der Waals surface area (Å²) in [6.45, 7) is 11.7. The molecule has 0 aliphatic heterocycles. The Kier molecular flexibility index (Phi) is 10.2. The Morgan fingerprint density at radius 2 is 0.800 bits per heavy atom. The average Bonchev–Trinajstić information content (AvgIpc) is 2.62. The van der Waals surface area contributed by atoms with E-state index in [1.54, 1.807) is 0 Å². The molecule has 0 aromatic carbocycles. The van der Waals surface area contributed by atoms with Crippen molar-refractivity contribution in [1.82, 2.24) is 0 Å². The van der Waals surface area contributed by atoms with Gasteiger partial charge in [0.15, 0.2) is 24.4 Å². The topological polar surface area (TPSA) is 124 Å². The molecular weight excluding hydrogens is 400 g/mol. The number of hydrogen-bond donors (Lipinski definition) is 0. The second-order valence-electron chi connectivity index (χ2n) is 6.47.